The zero-order valence-electron chi connectivity index (χ0n) is 27.1. The summed E-state index contributed by atoms with van der Waals surface area (Å²) < 4.78 is 0. The fourth-order valence-electron chi connectivity index (χ4n) is 4.68. The summed E-state index contributed by atoms with van der Waals surface area (Å²) in [7, 11) is 0. The van der Waals surface area contributed by atoms with Crippen LogP contribution in [-0.4, -0.2) is 11.9 Å². The van der Waals surface area contributed by atoms with E-state index in [1.165, 1.54) is 128 Å². The van der Waals surface area contributed by atoms with E-state index in [4.69, 9.17) is 0 Å². The van der Waals surface area contributed by atoms with Crippen molar-refractivity contribution in [3.05, 3.63) is 24.3 Å². The minimum absolute atomic E-state index is 0. The van der Waals surface area contributed by atoms with Gasteiger partial charge in [-0.05, 0) is 77.0 Å². The van der Waals surface area contributed by atoms with Gasteiger partial charge in [0.05, 0.1) is 0 Å². The van der Waals surface area contributed by atoms with Crippen LogP contribution in [0.5, 0.6) is 0 Å². The van der Waals surface area contributed by atoms with Gasteiger partial charge < -0.3 is 19.8 Å². The summed E-state index contributed by atoms with van der Waals surface area (Å²) >= 11 is 0. The van der Waals surface area contributed by atoms with Crippen molar-refractivity contribution in [1.29, 1.82) is 0 Å². The summed E-state index contributed by atoms with van der Waals surface area (Å²) in [4.78, 5) is 20.4. The van der Waals surface area contributed by atoms with Crippen LogP contribution < -0.4 is 10.2 Å². The van der Waals surface area contributed by atoms with Crippen molar-refractivity contribution in [2.24, 2.45) is 0 Å². The number of rotatable bonds is 30. The molecule has 0 aliphatic heterocycles. The van der Waals surface area contributed by atoms with Crippen LogP contribution in [0.15, 0.2) is 24.3 Å². The Morgan fingerprint density at radius 2 is 0.610 bits per heavy atom. The Morgan fingerprint density at radius 3 is 0.854 bits per heavy atom. The zero-order valence-corrected chi connectivity index (χ0v) is 28.8. The number of hydrogen-bond donors (Lipinski definition) is 0. The van der Waals surface area contributed by atoms with E-state index < -0.39 is 11.9 Å². The van der Waals surface area contributed by atoms with Crippen LogP contribution in [0.1, 0.15) is 194 Å². The molecule has 0 rings (SSSR count). The Kier molecular flexibility index (Phi) is 44.7. The number of carbonyl (C=O) groups excluding carboxylic acids is 2. The minimum Gasteiger partial charge on any atom is -0.550 e. The van der Waals surface area contributed by atoms with E-state index in [-0.39, 0.29) is 32.3 Å². The Morgan fingerprint density at radius 1 is 0.390 bits per heavy atom. The van der Waals surface area contributed by atoms with Crippen LogP contribution >= 0.6 is 0 Å². The number of carbonyl (C=O) groups is 2. The van der Waals surface area contributed by atoms with E-state index in [2.05, 4.69) is 38.2 Å². The van der Waals surface area contributed by atoms with Crippen molar-refractivity contribution in [2.45, 2.75) is 194 Å². The van der Waals surface area contributed by atoms with E-state index in [1.54, 1.807) is 0 Å². The zero-order chi connectivity index (χ0) is 29.8. The van der Waals surface area contributed by atoms with Crippen molar-refractivity contribution in [3.63, 3.8) is 0 Å². The molecule has 41 heavy (non-hydrogen) atoms. The standard InChI is InChI=1S/2C18H34O2.Ru/c2*1-2-3-4-5-6-7-8-9-10-11-12-13-14-15-16-17-18(19)20;/h2*9-10H,2-8,11-17H2,1H3,(H,19,20);/q;;+2/p-2/b2*10-9-;. The number of aliphatic carboxylic acids is 2. The summed E-state index contributed by atoms with van der Waals surface area (Å²) in [6.07, 6.45) is 41.8. The van der Waals surface area contributed by atoms with Gasteiger partial charge in [0.15, 0.2) is 0 Å². The molecular formula is C36H66O4Ru. The van der Waals surface area contributed by atoms with Crippen LogP contribution in [0, 0.1) is 0 Å². The predicted octanol–water partition coefficient (Wildman–Crippen LogP) is 9.55. The first kappa shape index (κ1) is 44.5. The summed E-state index contributed by atoms with van der Waals surface area (Å²) in [6.45, 7) is 4.51. The Bertz CT molecular complexity index is 524. The van der Waals surface area contributed by atoms with Gasteiger partial charge in [-0.15, -0.1) is 0 Å². The van der Waals surface area contributed by atoms with Crippen LogP contribution in [0.25, 0.3) is 0 Å². The average Bonchev–Trinajstić information content (AvgIpc) is 2.93. The maximum atomic E-state index is 10.2. The second kappa shape index (κ2) is 41.2. The van der Waals surface area contributed by atoms with Crippen molar-refractivity contribution >= 4 is 11.9 Å². The number of carboxylic acids is 2. The van der Waals surface area contributed by atoms with Crippen LogP contribution in [-0.2, 0) is 29.1 Å². The second-order valence-electron chi connectivity index (χ2n) is 11.4. The molecular weight excluding hydrogens is 597 g/mol. The predicted molar refractivity (Wildman–Crippen MR) is 169 cm³/mol. The molecule has 0 saturated heterocycles. The molecule has 0 aromatic carbocycles. The van der Waals surface area contributed by atoms with Gasteiger partial charge in [-0.2, -0.15) is 0 Å². The summed E-state index contributed by atoms with van der Waals surface area (Å²) in [6, 6.07) is 0. The molecule has 0 saturated carbocycles. The molecule has 0 radical (unpaired) electrons. The SMILES string of the molecule is CCCCCCCC/C=C\CCCCCCCC(=O)[O-].CCCCCCCC/C=C\CCCCCCCC(=O)[O-].[Ru+2]. The fourth-order valence-corrected chi connectivity index (χ4v) is 4.68. The first-order chi connectivity index (χ1) is 19.5. The van der Waals surface area contributed by atoms with Crippen LogP contribution in [0.2, 0.25) is 0 Å². The van der Waals surface area contributed by atoms with Gasteiger partial charge in [0.1, 0.15) is 0 Å². The monoisotopic (exact) mass is 664 g/mol. The maximum Gasteiger partial charge on any atom is 2.00 e. The number of unbranched alkanes of at least 4 members (excludes halogenated alkanes) is 22. The van der Waals surface area contributed by atoms with Crippen molar-refractivity contribution in [2.75, 3.05) is 0 Å². The van der Waals surface area contributed by atoms with Gasteiger partial charge in [-0.25, -0.2) is 0 Å². The first-order valence-electron chi connectivity index (χ1n) is 17.2. The molecule has 5 heteroatoms. The minimum atomic E-state index is -0.914. The summed E-state index contributed by atoms with van der Waals surface area (Å²) in [5.41, 5.74) is 0. The smallest absolute Gasteiger partial charge is 0.550 e. The Hall–Kier alpha value is -0.957. The van der Waals surface area contributed by atoms with Gasteiger partial charge in [-0.1, -0.05) is 141 Å². The Labute approximate surface area is 268 Å². The van der Waals surface area contributed by atoms with Gasteiger partial charge in [0.25, 0.3) is 0 Å². The van der Waals surface area contributed by atoms with Crippen molar-refractivity contribution in [3.8, 4) is 0 Å². The van der Waals surface area contributed by atoms with Crippen LogP contribution in [0.4, 0.5) is 0 Å². The van der Waals surface area contributed by atoms with Gasteiger partial charge in [0.2, 0.25) is 0 Å². The molecule has 242 valence electrons. The average molecular weight is 664 g/mol. The summed E-state index contributed by atoms with van der Waals surface area (Å²) in [5.74, 6) is -1.83. The summed E-state index contributed by atoms with van der Waals surface area (Å²) in [5, 5.41) is 20.4. The second-order valence-corrected chi connectivity index (χ2v) is 11.4. The molecule has 0 amide bonds. The van der Waals surface area contributed by atoms with Gasteiger partial charge in [0, 0.05) is 11.9 Å². The number of hydrogen-bond acceptors (Lipinski definition) is 4. The van der Waals surface area contributed by atoms with E-state index in [1.807, 2.05) is 0 Å². The molecule has 4 nitrogen and oxygen atoms in total. The molecule has 0 N–H and O–H groups in total. The normalized spacial score (nSPS) is 11.0. The molecule has 0 atom stereocenters. The molecule has 0 aromatic rings. The van der Waals surface area contributed by atoms with Crippen LogP contribution in [0.3, 0.4) is 0 Å². The van der Waals surface area contributed by atoms with Crippen molar-refractivity contribution < 1.29 is 39.3 Å². The molecule has 0 unspecified atom stereocenters. The third kappa shape index (κ3) is 49.1. The molecule has 0 spiro atoms. The molecule has 0 aromatic heterocycles. The first-order valence-corrected chi connectivity index (χ1v) is 17.2. The van der Waals surface area contributed by atoms with Gasteiger partial charge >= 0.3 is 19.5 Å². The molecule has 0 bridgehead atoms. The molecule has 0 heterocycles. The Balaban J connectivity index is -0.000000688. The van der Waals surface area contributed by atoms with E-state index in [0.717, 1.165) is 38.5 Å². The third-order valence-corrected chi connectivity index (χ3v) is 7.29. The maximum absolute atomic E-state index is 10.2. The van der Waals surface area contributed by atoms with E-state index >= 15 is 0 Å². The quantitative estimate of drug-likeness (QED) is 0.0436. The molecule has 0 aliphatic carbocycles. The van der Waals surface area contributed by atoms with E-state index in [9.17, 15) is 19.8 Å². The molecule has 0 fully saturated rings. The topological polar surface area (TPSA) is 80.3 Å². The number of carboxylic acid groups (broad SMARTS) is 2. The fraction of sp³-hybridized carbons (Fsp3) is 0.833. The van der Waals surface area contributed by atoms with E-state index in [0.29, 0.717) is 0 Å². The third-order valence-electron chi connectivity index (χ3n) is 7.29. The molecule has 0 aliphatic rings. The largest absolute Gasteiger partial charge is 2.00 e. The number of allylic oxidation sites excluding steroid dienone is 4. The van der Waals surface area contributed by atoms with Crippen molar-refractivity contribution in [1.82, 2.24) is 0 Å². The van der Waals surface area contributed by atoms with Gasteiger partial charge in [-0.3, -0.25) is 0 Å².